The number of aromatic nitrogens is 1. The van der Waals surface area contributed by atoms with E-state index in [1.54, 1.807) is 25.3 Å². The van der Waals surface area contributed by atoms with E-state index in [9.17, 15) is 15.0 Å². The molecule has 2 aromatic carbocycles. The van der Waals surface area contributed by atoms with E-state index in [2.05, 4.69) is 10.3 Å². The van der Waals surface area contributed by atoms with Crippen molar-refractivity contribution in [2.24, 2.45) is 0 Å². The van der Waals surface area contributed by atoms with Crippen molar-refractivity contribution < 1.29 is 19.7 Å². The second-order valence-corrected chi connectivity index (χ2v) is 6.18. The number of aliphatic carboxylic acids is 1. The minimum Gasteiger partial charge on any atom is -0.508 e. The van der Waals surface area contributed by atoms with Crippen molar-refractivity contribution in [2.45, 2.75) is 18.5 Å². The number of phenolic OH excluding ortho intramolecular Hbond substituents is 1. The van der Waals surface area contributed by atoms with E-state index in [4.69, 9.17) is 4.74 Å². The van der Waals surface area contributed by atoms with Gasteiger partial charge in [0.05, 0.1) is 13.2 Å². The number of hydrogen-bond acceptors (Lipinski definition) is 4. The number of hydrogen-bond donors (Lipinski definition) is 4. The van der Waals surface area contributed by atoms with Crippen LogP contribution in [0.5, 0.6) is 11.5 Å². The first-order valence-corrected chi connectivity index (χ1v) is 8.03. The highest BCUT2D eigenvalue weighted by atomic mass is 16.5. The number of carbonyl (C=O) groups is 1. The van der Waals surface area contributed by atoms with E-state index in [-0.39, 0.29) is 5.75 Å². The number of rotatable bonds is 3. The van der Waals surface area contributed by atoms with Gasteiger partial charge in [0.1, 0.15) is 17.5 Å². The summed E-state index contributed by atoms with van der Waals surface area (Å²) in [7, 11) is 1.55. The SMILES string of the molecule is COc1ccc(O)c([C@H]2N[C@@H](C(=O)O)Cc3c2[nH]c2ccccc32)c1. The first-order chi connectivity index (χ1) is 12.1. The molecule has 0 fully saturated rings. The molecule has 0 amide bonds. The molecule has 1 aliphatic heterocycles. The van der Waals surface area contributed by atoms with Crippen LogP contribution in [0.1, 0.15) is 22.9 Å². The second-order valence-electron chi connectivity index (χ2n) is 6.18. The van der Waals surface area contributed by atoms with Gasteiger partial charge in [-0.15, -0.1) is 0 Å². The van der Waals surface area contributed by atoms with E-state index >= 15 is 0 Å². The zero-order valence-electron chi connectivity index (χ0n) is 13.6. The fourth-order valence-electron chi connectivity index (χ4n) is 3.53. The number of methoxy groups -OCH3 is 1. The predicted molar refractivity (Wildman–Crippen MR) is 93.1 cm³/mol. The molecule has 0 unspecified atom stereocenters. The molecule has 0 radical (unpaired) electrons. The number of para-hydroxylation sites is 1. The van der Waals surface area contributed by atoms with Crippen LogP contribution in [0.2, 0.25) is 0 Å². The molecule has 1 aromatic heterocycles. The summed E-state index contributed by atoms with van der Waals surface area (Å²) >= 11 is 0. The maximum Gasteiger partial charge on any atom is 0.321 e. The molecule has 0 bridgehead atoms. The molecule has 0 saturated heterocycles. The Hall–Kier alpha value is -2.99. The first-order valence-electron chi connectivity index (χ1n) is 8.03. The Morgan fingerprint density at radius 1 is 1.24 bits per heavy atom. The van der Waals surface area contributed by atoms with Gasteiger partial charge >= 0.3 is 5.97 Å². The van der Waals surface area contributed by atoms with E-state index in [0.29, 0.717) is 17.7 Å². The quantitative estimate of drug-likeness (QED) is 0.589. The van der Waals surface area contributed by atoms with Crippen molar-refractivity contribution in [3.63, 3.8) is 0 Å². The maximum atomic E-state index is 11.6. The summed E-state index contributed by atoms with van der Waals surface area (Å²) in [6.07, 6.45) is 0.385. The van der Waals surface area contributed by atoms with Gasteiger partial charge < -0.3 is 19.9 Å². The number of phenols is 1. The number of H-pyrrole nitrogens is 1. The highest BCUT2D eigenvalue weighted by Crippen LogP contribution is 2.39. The highest BCUT2D eigenvalue weighted by Gasteiger charge is 2.35. The van der Waals surface area contributed by atoms with Crippen LogP contribution in [0.4, 0.5) is 0 Å². The van der Waals surface area contributed by atoms with E-state index in [0.717, 1.165) is 22.2 Å². The molecular formula is C19H18N2O4. The van der Waals surface area contributed by atoms with Crippen LogP contribution in [0.25, 0.3) is 10.9 Å². The summed E-state index contributed by atoms with van der Waals surface area (Å²) in [4.78, 5) is 15.0. The molecule has 6 heteroatoms. The molecule has 128 valence electrons. The van der Waals surface area contributed by atoms with Crippen LogP contribution in [0, 0.1) is 0 Å². The minimum atomic E-state index is -0.914. The molecule has 2 atom stereocenters. The molecule has 2 heterocycles. The predicted octanol–water partition coefficient (Wildman–Crippen LogP) is 2.57. The molecule has 0 spiro atoms. The topological polar surface area (TPSA) is 94.6 Å². The Balaban J connectivity index is 1.92. The van der Waals surface area contributed by atoms with Crippen molar-refractivity contribution in [1.29, 1.82) is 0 Å². The van der Waals surface area contributed by atoms with Crippen LogP contribution >= 0.6 is 0 Å². The smallest absolute Gasteiger partial charge is 0.321 e. The standard InChI is InChI=1S/C19H18N2O4/c1-25-10-6-7-16(22)13(8-10)18-17-12(9-15(21-18)19(23)24)11-4-2-3-5-14(11)20-17/h2-8,15,18,20-22H,9H2,1H3,(H,23,24)/t15-,18-/m1/s1. The summed E-state index contributed by atoms with van der Waals surface area (Å²) in [6, 6.07) is 11.6. The van der Waals surface area contributed by atoms with Crippen molar-refractivity contribution in [1.82, 2.24) is 10.3 Å². The van der Waals surface area contributed by atoms with Crippen LogP contribution in [-0.2, 0) is 11.2 Å². The molecule has 25 heavy (non-hydrogen) atoms. The van der Waals surface area contributed by atoms with Crippen molar-refractivity contribution in [2.75, 3.05) is 7.11 Å². The Labute approximate surface area is 144 Å². The normalized spacial score (nSPS) is 19.6. The number of benzene rings is 2. The van der Waals surface area contributed by atoms with Gasteiger partial charge in [0.15, 0.2) is 0 Å². The van der Waals surface area contributed by atoms with Gasteiger partial charge in [0.25, 0.3) is 0 Å². The number of carboxylic acids is 1. The first kappa shape index (κ1) is 15.5. The van der Waals surface area contributed by atoms with Crippen molar-refractivity contribution >= 4 is 16.9 Å². The van der Waals surface area contributed by atoms with Gasteiger partial charge in [-0.3, -0.25) is 10.1 Å². The van der Waals surface area contributed by atoms with Gasteiger partial charge in [-0.2, -0.15) is 0 Å². The van der Waals surface area contributed by atoms with E-state index in [1.807, 2.05) is 24.3 Å². The third-order valence-corrected chi connectivity index (χ3v) is 4.76. The summed E-state index contributed by atoms with van der Waals surface area (Å²) in [6.45, 7) is 0. The second kappa shape index (κ2) is 5.82. The lowest BCUT2D eigenvalue weighted by Gasteiger charge is -2.30. The number of fused-ring (bicyclic) bond motifs is 3. The lowest BCUT2D eigenvalue weighted by Crippen LogP contribution is -2.45. The van der Waals surface area contributed by atoms with E-state index in [1.165, 1.54) is 0 Å². The van der Waals surface area contributed by atoms with E-state index < -0.39 is 18.1 Å². The van der Waals surface area contributed by atoms with Crippen LogP contribution in [0.3, 0.4) is 0 Å². The molecule has 4 N–H and O–H groups in total. The lowest BCUT2D eigenvalue weighted by molar-refractivity contribution is -0.139. The zero-order valence-corrected chi connectivity index (χ0v) is 13.6. The molecule has 1 aliphatic rings. The summed E-state index contributed by atoms with van der Waals surface area (Å²) in [5.74, 6) is -0.220. The van der Waals surface area contributed by atoms with Gasteiger partial charge in [-0.1, -0.05) is 18.2 Å². The van der Waals surface area contributed by atoms with Crippen molar-refractivity contribution in [3.8, 4) is 11.5 Å². The monoisotopic (exact) mass is 338 g/mol. The Morgan fingerprint density at radius 2 is 2.04 bits per heavy atom. The Kier molecular flexibility index (Phi) is 3.62. The summed E-state index contributed by atoms with van der Waals surface area (Å²) < 4.78 is 5.26. The molecule has 3 aromatic rings. The number of nitrogens with one attached hydrogen (secondary N) is 2. The number of carboxylic acid groups (broad SMARTS) is 1. The third kappa shape index (κ3) is 2.51. The molecule has 6 nitrogen and oxygen atoms in total. The summed E-state index contributed by atoms with van der Waals surface area (Å²) in [5, 5.41) is 24.0. The van der Waals surface area contributed by atoms with Crippen LogP contribution in [-0.4, -0.2) is 34.3 Å². The summed E-state index contributed by atoms with van der Waals surface area (Å²) in [5.41, 5.74) is 3.38. The van der Waals surface area contributed by atoms with Gasteiger partial charge in [0.2, 0.25) is 0 Å². The third-order valence-electron chi connectivity index (χ3n) is 4.76. The fraction of sp³-hybridized carbons (Fsp3) is 0.211. The fourth-order valence-corrected chi connectivity index (χ4v) is 3.53. The molecule has 0 saturated carbocycles. The maximum absolute atomic E-state index is 11.6. The molecule has 4 rings (SSSR count). The van der Waals surface area contributed by atoms with Gasteiger partial charge in [-0.25, -0.2) is 0 Å². The average molecular weight is 338 g/mol. The Bertz CT molecular complexity index is 963. The highest BCUT2D eigenvalue weighted by molar-refractivity contribution is 5.87. The van der Waals surface area contributed by atoms with Gasteiger partial charge in [-0.05, 0) is 29.8 Å². The van der Waals surface area contributed by atoms with Gasteiger partial charge in [0, 0.05) is 28.6 Å². The van der Waals surface area contributed by atoms with Crippen LogP contribution < -0.4 is 10.1 Å². The molecular weight excluding hydrogens is 320 g/mol. The molecule has 0 aliphatic carbocycles. The number of aromatic amines is 1. The minimum absolute atomic E-state index is 0.0916. The average Bonchev–Trinajstić information content (AvgIpc) is 3.00. The zero-order chi connectivity index (χ0) is 17.6. The van der Waals surface area contributed by atoms with Crippen molar-refractivity contribution in [3.05, 3.63) is 59.3 Å². The van der Waals surface area contributed by atoms with Crippen LogP contribution in [0.15, 0.2) is 42.5 Å². The largest absolute Gasteiger partial charge is 0.508 e. The Morgan fingerprint density at radius 3 is 2.80 bits per heavy atom. The lowest BCUT2D eigenvalue weighted by atomic mass is 9.90. The number of ether oxygens (including phenoxy) is 1. The number of aromatic hydroxyl groups is 1.